The van der Waals surface area contributed by atoms with Crippen LogP contribution >= 0.6 is 7.82 Å². The van der Waals surface area contributed by atoms with E-state index in [1.165, 1.54) is 18.9 Å². The summed E-state index contributed by atoms with van der Waals surface area (Å²) >= 11 is 0. The van der Waals surface area contributed by atoms with Crippen molar-refractivity contribution in [3.05, 3.63) is 18.0 Å². The van der Waals surface area contributed by atoms with Gasteiger partial charge in [0, 0.05) is 20.4 Å². The van der Waals surface area contributed by atoms with Gasteiger partial charge in [0.15, 0.2) is 6.73 Å². The van der Waals surface area contributed by atoms with Crippen LogP contribution in [-0.2, 0) is 24.9 Å². The Morgan fingerprint density at radius 3 is 2.57 bits per heavy atom. The van der Waals surface area contributed by atoms with Gasteiger partial charge in [0.2, 0.25) is 0 Å². The first-order valence-corrected chi connectivity index (χ1v) is 5.41. The summed E-state index contributed by atoms with van der Waals surface area (Å²) in [6, 6.07) is 0. The van der Waals surface area contributed by atoms with E-state index in [1.807, 2.05) is 6.92 Å². The third-order valence-corrected chi connectivity index (χ3v) is 2.88. The highest BCUT2D eigenvalue weighted by Gasteiger charge is 2.22. The summed E-state index contributed by atoms with van der Waals surface area (Å²) < 4.78 is 27.0. The molecule has 14 heavy (non-hydrogen) atoms. The minimum Gasteiger partial charge on any atom is -0.290 e. The number of hydrogen-bond donors (Lipinski definition) is 0. The summed E-state index contributed by atoms with van der Waals surface area (Å²) in [5, 5.41) is 3.95. The Balaban J connectivity index is 2.51. The van der Waals surface area contributed by atoms with Gasteiger partial charge in [-0.05, 0) is 12.5 Å². The predicted molar refractivity (Wildman–Crippen MR) is 49.7 cm³/mol. The molecule has 0 spiro atoms. The molecule has 0 radical (unpaired) electrons. The second kappa shape index (κ2) is 4.70. The SMILES string of the molecule is COP(=O)(OC)OCn1cc(C)cn1. The lowest BCUT2D eigenvalue weighted by atomic mass is 10.4. The maximum atomic E-state index is 11.4. The molecule has 7 heteroatoms. The van der Waals surface area contributed by atoms with Crippen molar-refractivity contribution in [2.24, 2.45) is 0 Å². The number of aryl methyl sites for hydroxylation is 1. The first-order chi connectivity index (χ1) is 6.59. The molecule has 80 valence electrons. The Kier molecular flexibility index (Phi) is 3.83. The fraction of sp³-hybridized carbons (Fsp3) is 0.571. The van der Waals surface area contributed by atoms with Crippen LogP contribution in [0.4, 0.5) is 0 Å². The normalized spacial score (nSPS) is 11.9. The van der Waals surface area contributed by atoms with Crippen LogP contribution in [0.2, 0.25) is 0 Å². The molecule has 1 rings (SSSR count). The molecular formula is C7H13N2O4P. The van der Waals surface area contributed by atoms with Gasteiger partial charge in [0.1, 0.15) is 0 Å². The van der Waals surface area contributed by atoms with Crippen LogP contribution in [0.5, 0.6) is 0 Å². The standard InChI is InChI=1S/C7H13N2O4P/c1-7-4-8-9(5-7)6-13-14(10,11-2)12-3/h4-5H,6H2,1-3H3. The Morgan fingerprint density at radius 2 is 2.14 bits per heavy atom. The smallest absolute Gasteiger partial charge is 0.290 e. The molecule has 1 aromatic rings. The zero-order chi connectivity index (χ0) is 10.6. The predicted octanol–water partition coefficient (Wildman–Crippen LogP) is 1.57. The highest BCUT2D eigenvalue weighted by atomic mass is 31.2. The van der Waals surface area contributed by atoms with Crippen molar-refractivity contribution >= 4 is 7.82 Å². The molecule has 0 N–H and O–H groups in total. The summed E-state index contributed by atoms with van der Waals surface area (Å²) in [4.78, 5) is 0. The lowest BCUT2D eigenvalue weighted by Crippen LogP contribution is -2.03. The molecule has 1 heterocycles. The van der Waals surface area contributed by atoms with E-state index >= 15 is 0 Å². The molecule has 1 aromatic heterocycles. The maximum Gasteiger partial charge on any atom is 0.476 e. The molecule has 6 nitrogen and oxygen atoms in total. The van der Waals surface area contributed by atoms with E-state index in [2.05, 4.69) is 14.1 Å². The Morgan fingerprint density at radius 1 is 1.50 bits per heavy atom. The van der Waals surface area contributed by atoms with Crippen molar-refractivity contribution in [1.29, 1.82) is 0 Å². The lowest BCUT2D eigenvalue weighted by molar-refractivity contribution is 0.114. The van der Waals surface area contributed by atoms with Crippen molar-refractivity contribution in [3.63, 3.8) is 0 Å². The van der Waals surface area contributed by atoms with Gasteiger partial charge in [-0.3, -0.25) is 13.6 Å². The monoisotopic (exact) mass is 220 g/mol. The highest BCUT2D eigenvalue weighted by molar-refractivity contribution is 7.48. The van der Waals surface area contributed by atoms with Crippen LogP contribution in [0.1, 0.15) is 5.56 Å². The molecule has 0 amide bonds. The van der Waals surface area contributed by atoms with Gasteiger partial charge < -0.3 is 0 Å². The van der Waals surface area contributed by atoms with E-state index in [4.69, 9.17) is 4.52 Å². The van der Waals surface area contributed by atoms with Gasteiger partial charge in [0.05, 0.1) is 6.20 Å². The number of nitrogens with zero attached hydrogens (tertiary/aromatic N) is 2. The quantitative estimate of drug-likeness (QED) is 0.704. The van der Waals surface area contributed by atoms with Gasteiger partial charge in [0.25, 0.3) is 0 Å². The van der Waals surface area contributed by atoms with E-state index < -0.39 is 7.82 Å². The molecule has 0 atom stereocenters. The van der Waals surface area contributed by atoms with E-state index in [0.29, 0.717) is 0 Å². The molecule has 0 bridgehead atoms. The fourth-order valence-corrected chi connectivity index (χ4v) is 1.47. The highest BCUT2D eigenvalue weighted by Crippen LogP contribution is 2.47. The zero-order valence-electron chi connectivity index (χ0n) is 8.34. The first-order valence-electron chi connectivity index (χ1n) is 3.95. The van der Waals surface area contributed by atoms with E-state index in [9.17, 15) is 4.57 Å². The summed E-state index contributed by atoms with van der Waals surface area (Å²) in [6.45, 7) is 1.93. The minimum absolute atomic E-state index is 0.0345. The van der Waals surface area contributed by atoms with Gasteiger partial charge >= 0.3 is 7.82 Å². The number of rotatable bonds is 5. The molecule has 0 saturated carbocycles. The number of phosphoric ester groups is 1. The van der Waals surface area contributed by atoms with E-state index in [-0.39, 0.29) is 6.73 Å². The van der Waals surface area contributed by atoms with Gasteiger partial charge in [-0.25, -0.2) is 9.25 Å². The van der Waals surface area contributed by atoms with Crippen LogP contribution in [-0.4, -0.2) is 24.0 Å². The summed E-state index contributed by atoms with van der Waals surface area (Å²) in [7, 11) is -0.873. The maximum absolute atomic E-state index is 11.4. The lowest BCUT2D eigenvalue weighted by Gasteiger charge is -2.12. The van der Waals surface area contributed by atoms with Crippen LogP contribution in [0.15, 0.2) is 12.4 Å². The van der Waals surface area contributed by atoms with E-state index in [1.54, 1.807) is 12.4 Å². The fourth-order valence-electron chi connectivity index (χ4n) is 0.847. The largest absolute Gasteiger partial charge is 0.476 e. The summed E-state index contributed by atoms with van der Waals surface area (Å²) in [5.74, 6) is 0. The van der Waals surface area contributed by atoms with Crippen molar-refractivity contribution in [1.82, 2.24) is 9.78 Å². The Bertz CT molecular complexity index is 330. The molecule has 0 saturated heterocycles. The molecular weight excluding hydrogens is 207 g/mol. The third kappa shape index (κ3) is 2.92. The van der Waals surface area contributed by atoms with Crippen molar-refractivity contribution in [3.8, 4) is 0 Å². The zero-order valence-corrected chi connectivity index (χ0v) is 9.23. The van der Waals surface area contributed by atoms with Crippen molar-refractivity contribution in [2.75, 3.05) is 14.2 Å². The van der Waals surface area contributed by atoms with Crippen LogP contribution in [0, 0.1) is 6.92 Å². The average molecular weight is 220 g/mol. The molecule has 0 aliphatic heterocycles. The summed E-state index contributed by atoms with van der Waals surface area (Å²) in [6.07, 6.45) is 3.43. The number of phosphoric acid groups is 1. The topological polar surface area (TPSA) is 62.6 Å². The van der Waals surface area contributed by atoms with Crippen molar-refractivity contribution < 1.29 is 18.1 Å². The molecule has 0 aliphatic rings. The van der Waals surface area contributed by atoms with Crippen LogP contribution in [0.3, 0.4) is 0 Å². The second-order valence-electron chi connectivity index (χ2n) is 2.63. The Labute approximate surface area is 82.4 Å². The molecule has 0 fully saturated rings. The average Bonchev–Trinajstić information content (AvgIpc) is 2.61. The van der Waals surface area contributed by atoms with E-state index in [0.717, 1.165) is 5.56 Å². The number of aromatic nitrogens is 2. The van der Waals surface area contributed by atoms with Gasteiger partial charge in [-0.15, -0.1) is 0 Å². The minimum atomic E-state index is -3.40. The Hall–Kier alpha value is -0.680. The molecule has 0 unspecified atom stereocenters. The molecule has 0 aliphatic carbocycles. The van der Waals surface area contributed by atoms with Crippen LogP contribution < -0.4 is 0 Å². The first kappa shape index (κ1) is 11.4. The second-order valence-corrected chi connectivity index (χ2v) is 4.51. The van der Waals surface area contributed by atoms with Gasteiger partial charge in [-0.2, -0.15) is 5.10 Å². The summed E-state index contributed by atoms with van der Waals surface area (Å²) in [5.41, 5.74) is 0.998. The van der Waals surface area contributed by atoms with Crippen molar-refractivity contribution in [2.45, 2.75) is 13.7 Å². The van der Waals surface area contributed by atoms with Crippen LogP contribution in [0.25, 0.3) is 0 Å². The third-order valence-electron chi connectivity index (χ3n) is 1.56. The molecule has 0 aromatic carbocycles. The number of hydrogen-bond acceptors (Lipinski definition) is 5. The van der Waals surface area contributed by atoms with Gasteiger partial charge in [-0.1, -0.05) is 0 Å².